The number of aromatic nitrogens is 2. The Hall–Kier alpha value is -3.15. The van der Waals surface area contributed by atoms with Crippen LogP contribution in [0.15, 0.2) is 52.9 Å². The highest BCUT2D eigenvalue weighted by Gasteiger charge is 2.22. The zero-order valence-electron chi connectivity index (χ0n) is 15.2. The number of hydrogen-bond acceptors (Lipinski definition) is 5. The third-order valence-electron chi connectivity index (χ3n) is 4.77. The highest BCUT2D eigenvalue weighted by atomic mass is 16.5. The van der Waals surface area contributed by atoms with Gasteiger partial charge in [0.15, 0.2) is 0 Å². The van der Waals surface area contributed by atoms with Crippen LogP contribution in [0.2, 0.25) is 0 Å². The van der Waals surface area contributed by atoms with Crippen LogP contribution in [0.3, 0.4) is 0 Å². The zero-order chi connectivity index (χ0) is 18.6. The molecule has 138 valence electrons. The van der Waals surface area contributed by atoms with Crippen LogP contribution >= 0.6 is 0 Å². The number of para-hydroxylation sites is 1. The molecule has 3 aromatic rings. The van der Waals surface area contributed by atoms with E-state index < -0.39 is 0 Å². The molecule has 6 nitrogen and oxygen atoms in total. The van der Waals surface area contributed by atoms with E-state index in [1.807, 2.05) is 47.4 Å². The van der Waals surface area contributed by atoms with Gasteiger partial charge < -0.3 is 14.1 Å². The summed E-state index contributed by atoms with van der Waals surface area (Å²) in [5, 5.41) is 8.16. The summed E-state index contributed by atoms with van der Waals surface area (Å²) in [6.45, 7) is 0.761. The Labute approximate surface area is 157 Å². The maximum atomic E-state index is 12.7. The number of aryl methyl sites for hydroxylation is 2. The van der Waals surface area contributed by atoms with Gasteiger partial charge >= 0.3 is 0 Å². The van der Waals surface area contributed by atoms with E-state index in [1.165, 1.54) is 5.56 Å². The van der Waals surface area contributed by atoms with E-state index in [1.54, 1.807) is 7.11 Å². The summed E-state index contributed by atoms with van der Waals surface area (Å²) < 4.78 is 10.9. The predicted octanol–water partition coefficient (Wildman–Crippen LogP) is 3.66. The van der Waals surface area contributed by atoms with Gasteiger partial charge in [-0.25, -0.2) is 0 Å². The van der Waals surface area contributed by atoms with E-state index in [9.17, 15) is 4.79 Å². The van der Waals surface area contributed by atoms with Crippen molar-refractivity contribution in [1.29, 1.82) is 0 Å². The van der Waals surface area contributed by atoms with Crippen LogP contribution in [-0.2, 0) is 17.6 Å². The average Bonchev–Trinajstić information content (AvgIpc) is 3.20. The van der Waals surface area contributed by atoms with Crippen molar-refractivity contribution in [2.45, 2.75) is 25.7 Å². The molecule has 1 amide bonds. The van der Waals surface area contributed by atoms with Gasteiger partial charge in [0.1, 0.15) is 5.75 Å². The fourth-order valence-corrected chi connectivity index (χ4v) is 3.35. The molecule has 0 fully saturated rings. The van der Waals surface area contributed by atoms with Gasteiger partial charge in [-0.15, -0.1) is 10.2 Å². The summed E-state index contributed by atoms with van der Waals surface area (Å²) in [4.78, 5) is 14.6. The van der Waals surface area contributed by atoms with Crippen molar-refractivity contribution in [2.24, 2.45) is 0 Å². The largest absolute Gasteiger partial charge is 0.497 e. The highest BCUT2D eigenvalue weighted by molar-refractivity contribution is 5.94. The summed E-state index contributed by atoms with van der Waals surface area (Å²) in [5.74, 6) is 1.78. The number of nitrogens with zero attached hydrogens (tertiary/aromatic N) is 3. The molecule has 0 spiro atoms. The van der Waals surface area contributed by atoms with E-state index in [0.29, 0.717) is 24.6 Å². The van der Waals surface area contributed by atoms with Gasteiger partial charge in [0.05, 0.1) is 7.11 Å². The van der Waals surface area contributed by atoms with Crippen molar-refractivity contribution in [3.05, 3.63) is 60.0 Å². The number of amides is 1. The molecule has 2 heterocycles. The number of methoxy groups -OCH3 is 1. The van der Waals surface area contributed by atoms with Crippen molar-refractivity contribution in [3.8, 4) is 17.2 Å². The van der Waals surface area contributed by atoms with E-state index in [2.05, 4.69) is 16.3 Å². The van der Waals surface area contributed by atoms with Gasteiger partial charge in [-0.1, -0.05) is 18.2 Å². The number of rotatable bonds is 5. The van der Waals surface area contributed by atoms with Crippen LogP contribution < -0.4 is 9.64 Å². The molecule has 2 aromatic carbocycles. The quantitative estimate of drug-likeness (QED) is 0.692. The molecule has 1 aliphatic heterocycles. The number of benzene rings is 2. The van der Waals surface area contributed by atoms with Crippen molar-refractivity contribution in [3.63, 3.8) is 0 Å². The smallest absolute Gasteiger partial charge is 0.247 e. The zero-order valence-corrected chi connectivity index (χ0v) is 15.2. The standard InChI is InChI=1S/C21H21N3O3/c1-26-17-10-8-16(9-11-17)21-23-22-19(27-21)12-13-20(25)24-14-4-6-15-5-2-3-7-18(15)24/h2-3,5,7-11H,4,6,12-14H2,1H3. The van der Waals surface area contributed by atoms with Gasteiger partial charge in [-0.2, -0.15) is 0 Å². The molecular formula is C21H21N3O3. The molecule has 4 rings (SSSR count). The van der Waals surface area contributed by atoms with Crippen molar-refractivity contribution >= 4 is 11.6 Å². The average molecular weight is 363 g/mol. The third-order valence-corrected chi connectivity index (χ3v) is 4.77. The van der Waals surface area contributed by atoms with Crippen molar-refractivity contribution in [1.82, 2.24) is 10.2 Å². The Bertz CT molecular complexity index is 934. The summed E-state index contributed by atoms with van der Waals surface area (Å²) in [7, 11) is 1.62. The summed E-state index contributed by atoms with van der Waals surface area (Å²) >= 11 is 0. The number of fused-ring (bicyclic) bond motifs is 1. The summed E-state index contributed by atoms with van der Waals surface area (Å²) in [5.41, 5.74) is 3.08. The van der Waals surface area contributed by atoms with Crippen LogP contribution in [0.25, 0.3) is 11.5 Å². The molecule has 0 aliphatic carbocycles. The van der Waals surface area contributed by atoms with Gasteiger partial charge in [0.25, 0.3) is 0 Å². The molecule has 0 radical (unpaired) electrons. The normalized spacial score (nSPS) is 13.3. The monoisotopic (exact) mass is 363 g/mol. The Morgan fingerprint density at radius 1 is 1.15 bits per heavy atom. The van der Waals surface area contributed by atoms with E-state index in [-0.39, 0.29) is 5.91 Å². The van der Waals surface area contributed by atoms with Crippen LogP contribution in [0.4, 0.5) is 5.69 Å². The first-order valence-corrected chi connectivity index (χ1v) is 9.09. The second-order valence-corrected chi connectivity index (χ2v) is 6.51. The van der Waals surface area contributed by atoms with Gasteiger partial charge in [-0.05, 0) is 48.7 Å². The molecule has 27 heavy (non-hydrogen) atoms. The highest BCUT2D eigenvalue weighted by Crippen LogP contribution is 2.27. The first-order valence-electron chi connectivity index (χ1n) is 9.09. The molecule has 6 heteroatoms. The van der Waals surface area contributed by atoms with Gasteiger partial charge in [0, 0.05) is 30.6 Å². The van der Waals surface area contributed by atoms with Crippen LogP contribution in [0.1, 0.15) is 24.3 Å². The molecule has 0 bridgehead atoms. The van der Waals surface area contributed by atoms with Crippen LogP contribution in [0.5, 0.6) is 5.75 Å². The molecule has 0 unspecified atom stereocenters. The Kier molecular flexibility index (Phi) is 4.87. The molecule has 1 aliphatic rings. The lowest BCUT2D eigenvalue weighted by Crippen LogP contribution is -2.35. The molecular weight excluding hydrogens is 342 g/mol. The topological polar surface area (TPSA) is 68.5 Å². The lowest BCUT2D eigenvalue weighted by atomic mass is 10.0. The number of ether oxygens (including phenoxy) is 1. The molecule has 0 saturated carbocycles. The lowest BCUT2D eigenvalue weighted by Gasteiger charge is -2.29. The van der Waals surface area contributed by atoms with E-state index >= 15 is 0 Å². The molecule has 0 saturated heterocycles. The SMILES string of the molecule is COc1ccc(-c2nnc(CCC(=O)N3CCCc4ccccc43)o2)cc1. The number of carbonyl (C=O) groups is 1. The van der Waals surface area contributed by atoms with Gasteiger partial charge in [-0.3, -0.25) is 4.79 Å². The van der Waals surface area contributed by atoms with E-state index in [4.69, 9.17) is 9.15 Å². The Balaban J connectivity index is 1.41. The minimum absolute atomic E-state index is 0.0892. The maximum absolute atomic E-state index is 12.7. The Morgan fingerprint density at radius 3 is 2.78 bits per heavy atom. The first kappa shape index (κ1) is 17.3. The first-order chi connectivity index (χ1) is 13.2. The maximum Gasteiger partial charge on any atom is 0.247 e. The second kappa shape index (κ2) is 7.61. The molecule has 0 N–H and O–H groups in total. The van der Waals surface area contributed by atoms with Crippen LogP contribution in [0, 0.1) is 0 Å². The van der Waals surface area contributed by atoms with Crippen LogP contribution in [-0.4, -0.2) is 29.8 Å². The van der Waals surface area contributed by atoms with Crippen molar-refractivity contribution < 1.29 is 13.9 Å². The minimum atomic E-state index is 0.0892. The van der Waals surface area contributed by atoms with Gasteiger partial charge in [0.2, 0.25) is 17.7 Å². The number of hydrogen-bond donors (Lipinski definition) is 0. The fraction of sp³-hybridized carbons (Fsp3) is 0.286. The lowest BCUT2D eigenvalue weighted by molar-refractivity contribution is -0.118. The van der Waals surface area contributed by atoms with E-state index in [0.717, 1.165) is 36.4 Å². The van der Waals surface area contributed by atoms with Crippen molar-refractivity contribution in [2.75, 3.05) is 18.6 Å². The molecule has 1 aromatic heterocycles. The Morgan fingerprint density at radius 2 is 1.96 bits per heavy atom. The second-order valence-electron chi connectivity index (χ2n) is 6.51. The summed E-state index contributed by atoms with van der Waals surface area (Å²) in [6, 6.07) is 15.5. The fourth-order valence-electron chi connectivity index (χ4n) is 3.35. The minimum Gasteiger partial charge on any atom is -0.497 e. The predicted molar refractivity (Wildman–Crippen MR) is 102 cm³/mol. The molecule has 0 atom stereocenters. The number of carbonyl (C=O) groups excluding carboxylic acids is 1. The summed E-state index contributed by atoms with van der Waals surface area (Å²) in [6.07, 6.45) is 2.79. The number of anilines is 1. The third kappa shape index (κ3) is 3.69.